The number of carbonyl (C=O) groups is 2. The Labute approximate surface area is 172 Å². The Hall–Kier alpha value is -4.21. The summed E-state index contributed by atoms with van der Waals surface area (Å²) in [5.74, 6) is -0.00476. The zero-order chi connectivity index (χ0) is 21.3. The van der Waals surface area contributed by atoms with Crippen LogP contribution in [-0.2, 0) is 17.9 Å². The highest BCUT2D eigenvalue weighted by Gasteiger charge is 2.13. The molecule has 3 heterocycles. The van der Waals surface area contributed by atoms with Crippen molar-refractivity contribution in [1.29, 1.82) is 0 Å². The van der Waals surface area contributed by atoms with E-state index in [0.29, 0.717) is 29.4 Å². The summed E-state index contributed by atoms with van der Waals surface area (Å²) < 4.78 is 10.3. The van der Waals surface area contributed by atoms with Gasteiger partial charge < -0.3 is 25.5 Å². The number of nitrogen functional groups attached to an aromatic ring is 1. The molecule has 30 heavy (non-hydrogen) atoms. The van der Waals surface area contributed by atoms with E-state index in [1.54, 1.807) is 36.4 Å². The van der Waals surface area contributed by atoms with Gasteiger partial charge in [0.1, 0.15) is 18.0 Å². The van der Waals surface area contributed by atoms with Crippen molar-refractivity contribution in [2.75, 3.05) is 12.3 Å². The maximum absolute atomic E-state index is 12.5. The highest BCUT2D eigenvalue weighted by molar-refractivity contribution is 5.93. The van der Waals surface area contributed by atoms with E-state index in [1.165, 1.54) is 12.3 Å². The number of hydrogen-bond donors (Lipinski definition) is 3. The molecule has 3 aromatic heterocycles. The first-order valence-corrected chi connectivity index (χ1v) is 8.98. The second kappa shape index (κ2) is 9.82. The third-order valence-electron chi connectivity index (χ3n) is 3.79. The van der Waals surface area contributed by atoms with Crippen LogP contribution in [0.3, 0.4) is 0 Å². The number of hydrogen-bond acceptors (Lipinski definition) is 8. The van der Waals surface area contributed by atoms with E-state index in [4.69, 9.17) is 14.9 Å². The molecule has 2 amide bonds. The number of nitrogens with zero attached hydrogens (tertiary/aromatic N) is 3. The summed E-state index contributed by atoms with van der Waals surface area (Å²) in [7, 11) is 0. The maximum Gasteiger partial charge on any atom is 0.407 e. The Kier molecular flexibility index (Phi) is 6.72. The normalized spacial score (nSPS) is 10.3. The zero-order valence-corrected chi connectivity index (χ0v) is 16.0. The minimum absolute atomic E-state index is 0.000284. The van der Waals surface area contributed by atoms with Crippen molar-refractivity contribution in [2.24, 2.45) is 0 Å². The fourth-order valence-corrected chi connectivity index (χ4v) is 2.45. The summed E-state index contributed by atoms with van der Waals surface area (Å²) >= 11 is 0. The largest absolute Gasteiger partial charge is 0.463 e. The van der Waals surface area contributed by atoms with E-state index in [2.05, 4.69) is 32.2 Å². The number of pyridine rings is 1. The first kappa shape index (κ1) is 20.5. The number of rotatable bonds is 8. The van der Waals surface area contributed by atoms with Crippen molar-refractivity contribution in [3.05, 3.63) is 72.4 Å². The van der Waals surface area contributed by atoms with Gasteiger partial charge in [0.2, 0.25) is 5.95 Å². The standard InChI is InChI=1S/C20H20N6O4/c1-2-8-22-20(28)30-12-14-6-3-5-13(24-14)11-23-18(27)16-10-15(25-19(21)26-16)17-7-4-9-29-17/h2-7,9-10H,1,8,11-12H2,(H,22,28)(H,23,27)(H2,21,25,26). The lowest BCUT2D eigenvalue weighted by molar-refractivity contribution is 0.0945. The zero-order valence-electron chi connectivity index (χ0n) is 16.0. The molecule has 0 aromatic carbocycles. The van der Waals surface area contributed by atoms with Crippen LogP contribution in [0.5, 0.6) is 0 Å². The second-order valence-corrected chi connectivity index (χ2v) is 6.02. The molecule has 0 aliphatic carbocycles. The van der Waals surface area contributed by atoms with Crippen molar-refractivity contribution < 1.29 is 18.7 Å². The van der Waals surface area contributed by atoms with Crippen molar-refractivity contribution in [2.45, 2.75) is 13.2 Å². The average molecular weight is 408 g/mol. The lowest BCUT2D eigenvalue weighted by atomic mass is 10.2. The number of aromatic nitrogens is 3. The smallest absolute Gasteiger partial charge is 0.407 e. The van der Waals surface area contributed by atoms with E-state index in [0.717, 1.165) is 0 Å². The summed E-state index contributed by atoms with van der Waals surface area (Å²) in [5.41, 5.74) is 7.35. The molecule has 0 aliphatic heterocycles. The highest BCUT2D eigenvalue weighted by Crippen LogP contribution is 2.19. The van der Waals surface area contributed by atoms with Gasteiger partial charge in [0.15, 0.2) is 5.76 Å². The van der Waals surface area contributed by atoms with E-state index >= 15 is 0 Å². The van der Waals surface area contributed by atoms with Crippen LogP contribution in [0, 0.1) is 0 Å². The molecule has 0 spiro atoms. The van der Waals surface area contributed by atoms with Gasteiger partial charge in [-0.15, -0.1) is 6.58 Å². The summed E-state index contributed by atoms with van der Waals surface area (Å²) in [6.07, 6.45) is 2.48. The number of nitrogens with one attached hydrogen (secondary N) is 2. The van der Waals surface area contributed by atoms with Gasteiger partial charge in [-0.25, -0.2) is 14.8 Å². The topological polar surface area (TPSA) is 145 Å². The molecule has 10 heteroatoms. The molecule has 0 saturated carbocycles. The third-order valence-corrected chi connectivity index (χ3v) is 3.79. The van der Waals surface area contributed by atoms with Crippen molar-refractivity contribution in [3.8, 4) is 11.5 Å². The van der Waals surface area contributed by atoms with Crippen LogP contribution in [0.25, 0.3) is 11.5 Å². The van der Waals surface area contributed by atoms with Crippen LogP contribution >= 0.6 is 0 Å². The molecule has 0 unspecified atom stereocenters. The third kappa shape index (κ3) is 5.64. The Morgan fingerprint density at radius 1 is 1.13 bits per heavy atom. The number of ether oxygens (including phenoxy) is 1. The van der Waals surface area contributed by atoms with Gasteiger partial charge in [0, 0.05) is 6.54 Å². The molecule has 0 fully saturated rings. The molecule has 0 saturated heterocycles. The van der Waals surface area contributed by atoms with Crippen molar-refractivity contribution >= 4 is 17.9 Å². The molecule has 154 valence electrons. The SMILES string of the molecule is C=CCNC(=O)OCc1cccc(CNC(=O)c2cc(-c3ccco3)nc(N)n2)n1. The number of anilines is 1. The summed E-state index contributed by atoms with van der Waals surface area (Å²) in [6, 6.07) is 10.1. The van der Waals surface area contributed by atoms with Gasteiger partial charge in [-0.3, -0.25) is 9.78 Å². The predicted octanol–water partition coefficient (Wildman–Crippen LogP) is 2.06. The monoisotopic (exact) mass is 408 g/mol. The van der Waals surface area contributed by atoms with E-state index < -0.39 is 12.0 Å². The maximum atomic E-state index is 12.5. The number of amides is 2. The Morgan fingerprint density at radius 2 is 1.97 bits per heavy atom. The highest BCUT2D eigenvalue weighted by atomic mass is 16.5. The molecule has 3 rings (SSSR count). The van der Waals surface area contributed by atoms with E-state index in [1.807, 2.05) is 0 Å². The van der Waals surface area contributed by atoms with E-state index in [-0.39, 0.29) is 24.8 Å². The lowest BCUT2D eigenvalue weighted by Crippen LogP contribution is -2.25. The fourth-order valence-electron chi connectivity index (χ4n) is 2.45. The van der Waals surface area contributed by atoms with Crippen LogP contribution in [-0.4, -0.2) is 33.5 Å². The number of carbonyl (C=O) groups excluding carboxylic acids is 2. The van der Waals surface area contributed by atoms with Gasteiger partial charge in [-0.05, 0) is 30.3 Å². The first-order chi connectivity index (χ1) is 14.5. The van der Waals surface area contributed by atoms with Crippen LogP contribution in [0.15, 0.2) is 59.7 Å². The van der Waals surface area contributed by atoms with Gasteiger partial charge >= 0.3 is 6.09 Å². The molecule has 0 radical (unpaired) electrons. The molecule has 0 atom stereocenters. The summed E-state index contributed by atoms with van der Waals surface area (Å²) in [4.78, 5) is 36.4. The molecular weight excluding hydrogens is 388 g/mol. The lowest BCUT2D eigenvalue weighted by Gasteiger charge is -2.08. The van der Waals surface area contributed by atoms with Gasteiger partial charge in [0.05, 0.1) is 24.2 Å². The predicted molar refractivity (Wildman–Crippen MR) is 108 cm³/mol. The van der Waals surface area contributed by atoms with Crippen LogP contribution in [0.1, 0.15) is 21.9 Å². The van der Waals surface area contributed by atoms with Crippen LogP contribution in [0.4, 0.5) is 10.7 Å². The molecule has 0 bridgehead atoms. The Balaban J connectivity index is 1.60. The molecule has 10 nitrogen and oxygen atoms in total. The summed E-state index contributed by atoms with van der Waals surface area (Å²) in [6.45, 7) is 3.97. The molecule has 0 aliphatic rings. The van der Waals surface area contributed by atoms with Crippen LogP contribution in [0.2, 0.25) is 0 Å². The van der Waals surface area contributed by atoms with Gasteiger partial charge in [-0.2, -0.15) is 0 Å². The van der Waals surface area contributed by atoms with E-state index in [9.17, 15) is 9.59 Å². The average Bonchev–Trinajstić information content (AvgIpc) is 3.29. The first-order valence-electron chi connectivity index (χ1n) is 8.98. The Bertz CT molecular complexity index is 1040. The molecule has 4 N–H and O–H groups in total. The van der Waals surface area contributed by atoms with Gasteiger partial charge in [-0.1, -0.05) is 12.1 Å². The minimum Gasteiger partial charge on any atom is -0.463 e. The quantitative estimate of drug-likeness (QED) is 0.480. The summed E-state index contributed by atoms with van der Waals surface area (Å²) in [5, 5.41) is 5.23. The number of nitrogens with two attached hydrogens (primary N) is 1. The number of alkyl carbamates (subject to hydrolysis) is 1. The molecular formula is C20H20N6O4. The Morgan fingerprint density at radius 3 is 2.73 bits per heavy atom. The van der Waals surface area contributed by atoms with Crippen molar-refractivity contribution in [3.63, 3.8) is 0 Å². The fraction of sp³-hybridized carbons (Fsp3) is 0.150. The van der Waals surface area contributed by atoms with Gasteiger partial charge in [0.25, 0.3) is 5.91 Å². The number of furan rings is 1. The second-order valence-electron chi connectivity index (χ2n) is 6.02. The minimum atomic E-state index is -0.566. The van der Waals surface area contributed by atoms with Crippen molar-refractivity contribution in [1.82, 2.24) is 25.6 Å². The molecule has 3 aromatic rings. The van der Waals surface area contributed by atoms with Crippen LogP contribution < -0.4 is 16.4 Å².